The summed E-state index contributed by atoms with van der Waals surface area (Å²) >= 11 is 0. The fourth-order valence-electron chi connectivity index (χ4n) is 3.94. The Morgan fingerprint density at radius 2 is 2.21 bits per heavy atom. The van der Waals surface area contributed by atoms with Crippen molar-refractivity contribution in [3.8, 4) is 6.19 Å². The SMILES string of the molecule is N#CN=C(CC(F)(F)F)N1CCC[C@H](c2ccnc3cnc4[nH]ccc4c23)C1. The number of pyridine rings is 2. The van der Waals surface area contributed by atoms with E-state index in [1.807, 2.05) is 18.3 Å². The van der Waals surface area contributed by atoms with E-state index in [1.165, 1.54) is 6.19 Å². The maximum Gasteiger partial charge on any atom is 0.396 e. The summed E-state index contributed by atoms with van der Waals surface area (Å²) in [6, 6.07) is 3.86. The van der Waals surface area contributed by atoms with E-state index in [1.54, 1.807) is 17.3 Å². The molecule has 1 aliphatic heterocycles. The number of amidine groups is 1. The van der Waals surface area contributed by atoms with Gasteiger partial charge >= 0.3 is 6.18 Å². The van der Waals surface area contributed by atoms with Crippen molar-refractivity contribution in [2.45, 2.75) is 31.4 Å². The Bertz CT molecular complexity index is 1080. The van der Waals surface area contributed by atoms with Crippen LogP contribution in [0.25, 0.3) is 21.9 Å². The van der Waals surface area contributed by atoms with Crippen molar-refractivity contribution in [3.05, 3.63) is 36.3 Å². The molecule has 1 saturated heterocycles. The van der Waals surface area contributed by atoms with Gasteiger partial charge in [0.25, 0.3) is 0 Å². The molecule has 0 unspecified atom stereocenters. The molecule has 0 bridgehead atoms. The van der Waals surface area contributed by atoms with Gasteiger partial charge in [0.2, 0.25) is 6.19 Å². The van der Waals surface area contributed by atoms with Gasteiger partial charge < -0.3 is 9.88 Å². The van der Waals surface area contributed by atoms with Gasteiger partial charge in [0.15, 0.2) is 0 Å². The number of likely N-dealkylation sites (tertiary alicyclic amines) is 1. The quantitative estimate of drug-likeness (QED) is 0.408. The van der Waals surface area contributed by atoms with Crippen molar-refractivity contribution in [2.24, 2.45) is 4.99 Å². The zero-order valence-corrected chi connectivity index (χ0v) is 14.9. The lowest BCUT2D eigenvalue weighted by atomic mass is 9.88. The summed E-state index contributed by atoms with van der Waals surface area (Å²) in [7, 11) is 0. The van der Waals surface area contributed by atoms with Crippen LogP contribution in [0.2, 0.25) is 0 Å². The number of H-pyrrole nitrogens is 1. The third-order valence-electron chi connectivity index (χ3n) is 5.09. The highest BCUT2D eigenvalue weighted by Crippen LogP contribution is 2.35. The van der Waals surface area contributed by atoms with Gasteiger partial charge in [0.05, 0.1) is 11.7 Å². The number of nitrogens with one attached hydrogen (secondary N) is 1. The van der Waals surface area contributed by atoms with Crippen LogP contribution >= 0.6 is 0 Å². The Morgan fingerprint density at radius 1 is 1.36 bits per heavy atom. The zero-order valence-electron chi connectivity index (χ0n) is 14.9. The van der Waals surface area contributed by atoms with Crippen LogP contribution in [0.3, 0.4) is 0 Å². The van der Waals surface area contributed by atoms with Gasteiger partial charge in [-0.1, -0.05) is 0 Å². The molecule has 9 heteroatoms. The van der Waals surface area contributed by atoms with E-state index in [0.29, 0.717) is 13.1 Å². The number of nitriles is 1. The van der Waals surface area contributed by atoms with Crippen molar-refractivity contribution in [1.82, 2.24) is 19.9 Å². The molecule has 4 heterocycles. The smallest absolute Gasteiger partial charge is 0.358 e. The van der Waals surface area contributed by atoms with Gasteiger partial charge in [-0.2, -0.15) is 23.4 Å². The molecular weight excluding hydrogens is 369 g/mol. The standard InChI is InChI=1S/C19H17F3N6/c20-19(21,22)8-16(27-11-23)28-7-1-2-12(10-28)13-3-5-24-15-9-26-18-14(17(13)15)4-6-25-18/h3-6,9,12H,1-2,7-8,10H2,(H,25,26)/t12-/m0/s1. The molecular formula is C19H17F3N6. The summed E-state index contributed by atoms with van der Waals surface area (Å²) in [5.74, 6) is -0.205. The first kappa shape index (κ1) is 18.2. The van der Waals surface area contributed by atoms with Crippen molar-refractivity contribution < 1.29 is 13.2 Å². The summed E-state index contributed by atoms with van der Waals surface area (Å²) in [4.78, 5) is 16.9. The number of piperidine rings is 1. The molecule has 0 radical (unpaired) electrons. The van der Waals surface area contributed by atoms with Gasteiger partial charge in [-0.05, 0) is 30.5 Å². The molecule has 1 fully saturated rings. The number of rotatable bonds is 2. The third kappa shape index (κ3) is 3.50. The topological polar surface area (TPSA) is 81.0 Å². The number of aromatic amines is 1. The summed E-state index contributed by atoms with van der Waals surface area (Å²) in [5, 5.41) is 10.7. The second-order valence-electron chi connectivity index (χ2n) is 6.86. The van der Waals surface area contributed by atoms with E-state index < -0.39 is 12.6 Å². The van der Waals surface area contributed by atoms with E-state index in [9.17, 15) is 13.2 Å². The van der Waals surface area contributed by atoms with Crippen LogP contribution in [0.4, 0.5) is 13.2 Å². The molecule has 0 amide bonds. The first-order valence-corrected chi connectivity index (χ1v) is 8.94. The monoisotopic (exact) mass is 386 g/mol. The lowest BCUT2D eigenvalue weighted by Gasteiger charge is -2.35. The first-order chi connectivity index (χ1) is 13.5. The van der Waals surface area contributed by atoms with Gasteiger partial charge in [0, 0.05) is 42.2 Å². The van der Waals surface area contributed by atoms with Crippen LogP contribution in [-0.4, -0.2) is 45.0 Å². The van der Waals surface area contributed by atoms with Crippen LogP contribution in [0, 0.1) is 11.5 Å². The average molecular weight is 386 g/mol. The predicted molar refractivity (Wildman–Crippen MR) is 98.7 cm³/mol. The largest absolute Gasteiger partial charge is 0.396 e. The molecule has 3 aromatic rings. The molecule has 1 N–H and O–H groups in total. The average Bonchev–Trinajstić information content (AvgIpc) is 3.15. The summed E-state index contributed by atoms with van der Waals surface area (Å²) in [6.07, 6.45) is 2.69. The van der Waals surface area contributed by atoms with Gasteiger partial charge in [-0.25, -0.2) is 4.98 Å². The minimum absolute atomic E-state index is 0.0110. The van der Waals surface area contributed by atoms with E-state index in [2.05, 4.69) is 19.9 Å². The predicted octanol–water partition coefficient (Wildman–Crippen LogP) is 4.12. The molecule has 0 aliphatic carbocycles. The van der Waals surface area contributed by atoms with Gasteiger partial charge in [0.1, 0.15) is 17.9 Å². The maximum absolute atomic E-state index is 12.9. The van der Waals surface area contributed by atoms with Crippen LogP contribution in [0.15, 0.2) is 35.7 Å². The second kappa shape index (κ2) is 7.11. The Hall–Kier alpha value is -3.15. The molecule has 3 aromatic heterocycles. The molecule has 1 aliphatic rings. The fraction of sp³-hybridized carbons (Fsp3) is 0.368. The summed E-state index contributed by atoms with van der Waals surface area (Å²) in [5.41, 5.74) is 2.53. The molecule has 4 rings (SSSR count). The Kier molecular flexibility index (Phi) is 4.63. The van der Waals surface area contributed by atoms with E-state index >= 15 is 0 Å². The number of alkyl halides is 3. The molecule has 144 valence electrons. The normalized spacial score (nSPS) is 18.6. The third-order valence-corrected chi connectivity index (χ3v) is 5.09. The Balaban J connectivity index is 1.71. The van der Waals surface area contributed by atoms with E-state index in [0.717, 1.165) is 40.3 Å². The number of hydrogen-bond donors (Lipinski definition) is 1. The highest BCUT2D eigenvalue weighted by molar-refractivity contribution is 6.05. The molecule has 0 aromatic carbocycles. The fourth-order valence-corrected chi connectivity index (χ4v) is 3.94. The van der Waals surface area contributed by atoms with Crippen molar-refractivity contribution in [1.29, 1.82) is 5.26 Å². The van der Waals surface area contributed by atoms with Crippen molar-refractivity contribution >= 4 is 27.8 Å². The molecule has 0 spiro atoms. The van der Waals surface area contributed by atoms with Gasteiger partial charge in [-0.15, -0.1) is 0 Å². The van der Waals surface area contributed by atoms with Gasteiger partial charge in [-0.3, -0.25) is 4.98 Å². The zero-order chi connectivity index (χ0) is 19.7. The minimum Gasteiger partial charge on any atom is -0.358 e. The Morgan fingerprint density at radius 3 is 3.00 bits per heavy atom. The highest BCUT2D eigenvalue weighted by Gasteiger charge is 2.34. The number of fused-ring (bicyclic) bond motifs is 3. The van der Waals surface area contributed by atoms with Crippen molar-refractivity contribution in [3.63, 3.8) is 0 Å². The van der Waals surface area contributed by atoms with Crippen LogP contribution in [0.5, 0.6) is 0 Å². The van der Waals surface area contributed by atoms with E-state index in [4.69, 9.17) is 5.26 Å². The lowest BCUT2D eigenvalue weighted by molar-refractivity contribution is -0.122. The molecule has 28 heavy (non-hydrogen) atoms. The van der Waals surface area contributed by atoms with Crippen LogP contribution in [-0.2, 0) is 0 Å². The van der Waals surface area contributed by atoms with Crippen LogP contribution in [0.1, 0.15) is 30.7 Å². The number of hydrogen-bond acceptors (Lipinski definition) is 4. The number of halogens is 3. The first-order valence-electron chi connectivity index (χ1n) is 8.94. The van der Waals surface area contributed by atoms with Crippen LogP contribution < -0.4 is 0 Å². The molecule has 1 atom stereocenters. The minimum atomic E-state index is -4.41. The summed E-state index contributed by atoms with van der Waals surface area (Å²) in [6.45, 7) is 0.835. The van der Waals surface area contributed by atoms with E-state index in [-0.39, 0.29) is 11.8 Å². The number of aromatic nitrogens is 3. The molecule has 6 nitrogen and oxygen atoms in total. The second-order valence-corrected chi connectivity index (χ2v) is 6.86. The molecule has 0 saturated carbocycles. The number of aliphatic imine (C=N–C) groups is 1. The lowest BCUT2D eigenvalue weighted by Crippen LogP contribution is -2.41. The number of nitrogens with zero attached hydrogens (tertiary/aromatic N) is 5. The Labute approximate surface area is 158 Å². The highest BCUT2D eigenvalue weighted by atomic mass is 19.4. The van der Waals surface area contributed by atoms with Crippen molar-refractivity contribution in [2.75, 3.05) is 13.1 Å². The maximum atomic E-state index is 12.9. The summed E-state index contributed by atoms with van der Waals surface area (Å²) < 4.78 is 38.7.